The summed E-state index contributed by atoms with van der Waals surface area (Å²) in [6, 6.07) is 9.70. The third kappa shape index (κ3) is 4.04. The Kier molecular flexibility index (Phi) is 4.59. The van der Waals surface area contributed by atoms with Crippen molar-refractivity contribution in [3.8, 4) is 0 Å². The Labute approximate surface area is 108 Å². The fourth-order valence-electron chi connectivity index (χ4n) is 2.19. The molecule has 98 valence electrons. The molecule has 1 N–H and O–H groups in total. The third-order valence-corrected chi connectivity index (χ3v) is 3.24. The van der Waals surface area contributed by atoms with Crippen LogP contribution in [0.5, 0.6) is 0 Å². The Morgan fingerprint density at radius 1 is 1.44 bits per heavy atom. The zero-order chi connectivity index (χ0) is 12.8. The highest BCUT2D eigenvalue weighted by molar-refractivity contribution is 5.67. The van der Waals surface area contributed by atoms with Gasteiger partial charge in [0.15, 0.2) is 0 Å². The highest BCUT2D eigenvalue weighted by Gasteiger charge is 2.19. The second-order valence-corrected chi connectivity index (χ2v) is 4.86. The second-order valence-electron chi connectivity index (χ2n) is 4.86. The monoisotopic (exact) mass is 248 g/mol. The predicted molar refractivity (Wildman–Crippen MR) is 70.2 cm³/mol. The molecule has 1 amide bonds. The summed E-state index contributed by atoms with van der Waals surface area (Å²) in [5, 5.41) is 2.83. The summed E-state index contributed by atoms with van der Waals surface area (Å²) >= 11 is 0. The van der Waals surface area contributed by atoms with Crippen molar-refractivity contribution in [2.24, 2.45) is 5.92 Å². The van der Waals surface area contributed by atoms with Crippen molar-refractivity contribution in [1.82, 2.24) is 10.2 Å². The van der Waals surface area contributed by atoms with Crippen molar-refractivity contribution in [2.75, 3.05) is 26.7 Å². The molecule has 1 aromatic rings. The highest BCUT2D eigenvalue weighted by Crippen LogP contribution is 2.12. The van der Waals surface area contributed by atoms with Crippen LogP contribution in [0.2, 0.25) is 0 Å². The lowest BCUT2D eigenvalue weighted by Crippen LogP contribution is -2.30. The molecule has 0 unspecified atom stereocenters. The molecular formula is C14H20N2O2. The van der Waals surface area contributed by atoms with E-state index < -0.39 is 0 Å². The Bertz CT molecular complexity index is 381. The smallest absolute Gasteiger partial charge is 0.407 e. The van der Waals surface area contributed by atoms with Crippen LogP contribution in [-0.4, -0.2) is 37.7 Å². The molecule has 1 aliphatic heterocycles. The van der Waals surface area contributed by atoms with Crippen molar-refractivity contribution < 1.29 is 9.53 Å². The van der Waals surface area contributed by atoms with Crippen molar-refractivity contribution in [3.05, 3.63) is 35.9 Å². The van der Waals surface area contributed by atoms with Crippen molar-refractivity contribution >= 4 is 6.09 Å². The quantitative estimate of drug-likeness (QED) is 0.884. The van der Waals surface area contributed by atoms with Gasteiger partial charge in [-0.15, -0.1) is 0 Å². The number of carbonyl (C=O) groups excluding carboxylic acids is 1. The molecule has 0 saturated carbocycles. The molecule has 1 fully saturated rings. The number of likely N-dealkylation sites (tertiary alicyclic amines) is 1. The van der Waals surface area contributed by atoms with Gasteiger partial charge >= 0.3 is 6.09 Å². The molecule has 0 bridgehead atoms. The molecule has 18 heavy (non-hydrogen) atoms. The number of carbonyl (C=O) groups is 1. The molecular weight excluding hydrogens is 228 g/mol. The maximum Gasteiger partial charge on any atom is 0.407 e. The Hall–Kier alpha value is -1.55. The minimum atomic E-state index is -0.326. The SMILES string of the molecule is CN1CC[C@@H](CNC(=O)OCc2ccccc2)C1. The van der Waals surface area contributed by atoms with Crippen LogP contribution in [-0.2, 0) is 11.3 Å². The molecule has 0 spiro atoms. The minimum Gasteiger partial charge on any atom is -0.445 e. The summed E-state index contributed by atoms with van der Waals surface area (Å²) in [7, 11) is 2.10. The first-order valence-corrected chi connectivity index (χ1v) is 6.37. The minimum absolute atomic E-state index is 0.326. The van der Waals surface area contributed by atoms with Crippen LogP contribution in [0.25, 0.3) is 0 Å². The first-order chi connectivity index (χ1) is 8.74. The summed E-state index contributed by atoms with van der Waals surface area (Å²) in [6.07, 6.45) is 0.823. The van der Waals surface area contributed by atoms with Gasteiger partial charge in [0.2, 0.25) is 0 Å². The van der Waals surface area contributed by atoms with Gasteiger partial charge in [-0.05, 0) is 31.5 Å². The van der Waals surface area contributed by atoms with E-state index >= 15 is 0 Å². The highest BCUT2D eigenvalue weighted by atomic mass is 16.5. The van der Waals surface area contributed by atoms with E-state index in [9.17, 15) is 4.79 Å². The van der Waals surface area contributed by atoms with E-state index in [1.54, 1.807) is 0 Å². The average Bonchev–Trinajstić information content (AvgIpc) is 2.81. The molecule has 1 aliphatic rings. The van der Waals surface area contributed by atoms with Gasteiger partial charge in [0, 0.05) is 13.1 Å². The van der Waals surface area contributed by atoms with Gasteiger partial charge in [-0.1, -0.05) is 30.3 Å². The number of nitrogens with one attached hydrogen (secondary N) is 1. The van der Waals surface area contributed by atoms with Crippen LogP contribution >= 0.6 is 0 Å². The summed E-state index contributed by atoms with van der Waals surface area (Å²) in [5.74, 6) is 0.555. The molecule has 0 radical (unpaired) electrons. The van der Waals surface area contributed by atoms with E-state index in [1.807, 2.05) is 30.3 Å². The summed E-state index contributed by atoms with van der Waals surface area (Å²) < 4.78 is 5.15. The Balaban J connectivity index is 1.63. The van der Waals surface area contributed by atoms with E-state index in [4.69, 9.17) is 4.74 Å². The number of nitrogens with zero attached hydrogens (tertiary/aromatic N) is 1. The van der Waals surface area contributed by atoms with Crippen LogP contribution in [0.1, 0.15) is 12.0 Å². The number of benzene rings is 1. The molecule has 1 aromatic carbocycles. The van der Waals surface area contributed by atoms with E-state index in [1.165, 1.54) is 0 Å². The van der Waals surface area contributed by atoms with E-state index in [0.29, 0.717) is 19.1 Å². The lowest BCUT2D eigenvalue weighted by molar-refractivity contribution is 0.138. The molecule has 1 atom stereocenters. The summed E-state index contributed by atoms with van der Waals surface area (Å²) in [6.45, 7) is 3.21. The van der Waals surface area contributed by atoms with Crippen molar-refractivity contribution in [2.45, 2.75) is 13.0 Å². The number of ether oxygens (including phenoxy) is 1. The molecule has 4 heteroatoms. The fourth-order valence-corrected chi connectivity index (χ4v) is 2.19. The molecule has 1 saturated heterocycles. The van der Waals surface area contributed by atoms with Gasteiger partial charge in [-0.2, -0.15) is 0 Å². The van der Waals surface area contributed by atoms with Gasteiger partial charge in [0.25, 0.3) is 0 Å². The van der Waals surface area contributed by atoms with Crippen LogP contribution in [0.4, 0.5) is 4.79 Å². The number of alkyl carbamates (subject to hydrolysis) is 1. The summed E-state index contributed by atoms with van der Waals surface area (Å²) in [5.41, 5.74) is 1.01. The Morgan fingerprint density at radius 3 is 2.89 bits per heavy atom. The van der Waals surface area contributed by atoms with Crippen LogP contribution < -0.4 is 5.32 Å². The molecule has 1 heterocycles. The van der Waals surface area contributed by atoms with Gasteiger partial charge in [0.1, 0.15) is 6.61 Å². The lowest BCUT2D eigenvalue weighted by Gasteiger charge is -2.12. The van der Waals surface area contributed by atoms with Gasteiger partial charge < -0.3 is 15.0 Å². The topological polar surface area (TPSA) is 41.6 Å². The zero-order valence-electron chi connectivity index (χ0n) is 10.8. The lowest BCUT2D eigenvalue weighted by atomic mass is 10.1. The standard InChI is InChI=1S/C14H20N2O2/c1-16-8-7-13(10-16)9-15-14(17)18-11-12-5-3-2-4-6-12/h2-6,13H,7-11H2,1H3,(H,15,17)/t13-/m0/s1. The van der Waals surface area contributed by atoms with Crippen molar-refractivity contribution in [3.63, 3.8) is 0 Å². The third-order valence-electron chi connectivity index (χ3n) is 3.24. The number of hydrogen-bond acceptors (Lipinski definition) is 3. The first kappa shape index (κ1) is 12.9. The number of hydrogen-bond donors (Lipinski definition) is 1. The Morgan fingerprint density at radius 2 is 2.22 bits per heavy atom. The summed E-state index contributed by atoms with van der Waals surface area (Å²) in [4.78, 5) is 13.8. The normalized spacial score (nSPS) is 19.7. The zero-order valence-corrected chi connectivity index (χ0v) is 10.8. The molecule has 0 aliphatic carbocycles. The molecule has 4 nitrogen and oxygen atoms in total. The van der Waals surface area contributed by atoms with Gasteiger partial charge in [-0.3, -0.25) is 0 Å². The molecule has 2 rings (SSSR count). The van der Waals surface area contributed by atoms with Crippen LogP contribution in [0.3, 0.4) is 0 Å². The van der Waals surface area contributed by atoms with E-state index in [-0.39, 0.29) is 6.09 Å². The first-order valence-electron chi connectivity index (χ1n) is 6.37. The average molecular weight is 248 g/mol. The largest absolute Gasteiger partial charge is 0.445 e. The van der Waals surface area contributed by atoms with Crippen LogP contribution in [0, 0.1) is 5.92 Å². The predicted octanol–water partition coefficient (Wildman–Crippen LogP) is 1.86. The number of amides is 1. The van der Waals surface area contributed by atoms with Gasteiger partial charge in [-0.25, -0.2) is 4.79 Å². The van der Waals surface area contributed by atoms with Gasteiger partial charge in [0.05, 0.1) is 0 Å². The van der Waals surface area contributed by atoms with Crippen LogP contribution in [0.15, 0.2) is 30.3 Å². The number of rotatable bonds is 4. The maximum absolute atomic E-state index is 11.5. The van der Waals surface area contributed by atoms with E-state index in [0.717, 1.165) is 25.1 Å². The fraction of sp³-hybridized carbons (Fsp3) is 0.500. The molecule has 0 aromatic heterocycles. The second kappa shape index (κ2) is 6.40. The maximum atomic E-state index is 11.5. The van der Waals surface area contributed by atoms with Crippen molar-refractivity contribution in [1.29, 1.82) is 0 Å². The van der Waals surface area contributed by atoms with E-state index in [2.05, 4.69) is 17.3 Å².